The van der Waals surface area contributed by atoms with Crippen LogP contribution in [0.15, 0.2) is 36.4 Å². The van der Waals surface area contributed by atoms with Gasteiger partial charge in [0.25, 0.3) is 5.91 Å². The van der Waals surface area contributed by atoms with Gasteiger partial charge in [-0.2, -0.15) is 5.26 Å². The van der Waals surface area contributed by atoms with E-state index in [-0.39, 0.29) is 11.4 Å². The lowest BCUT2D eigenvalue weighted by molar-refractivity contribution is -0.152. The van der Waals surface area contributed by atoms with Gasteiger partial charge in [-0.25, -0.2) is 0 Å². The molecule has 2 aromatic carbocycles. The van der Waals surface area contributed by atoms with Crippen molar-refractivity contribution in [3.8, 4) is 17.6 Å². The fourth-order valence-electron chi connectivity index (χ4n) is 2.58. The number of carbonyl (C=O) groups excluding carboxylic acids is 2. The molecular weight excluding hydrogens is 384 g/mol. The number of fused-ring (bicyclic) bond motifs is 1. The number of rotatable bonds is 5. The summed E-state index contributed by atoms with van der Waals surface area (Å²) < 4.78 is 16.1. The van der Waals surface area contributed by atoms with E-state index < -0.39 is 18.0 Å². The lowest BCUT2D eigenvalue weighted by Gasteiger charge is -2.19. The summed E-state index contributed by atoms with van der Waals surface area (Å²) in [4.78, 5) is 24.4. The number of esters is 1. The molecule has 0 aliphatic carbocycles. The number of nitrogens with one attached hydrogen (secondary N) is 1. The standard InChI is InChI=1S/C20H17ClN2O5/c1-12(20(25)23-15-4-3-14(11-22)16(21)10-15)28-19(24)9-13-2-5-17-18(8-13)27-7-6-26-17/h2-5,8,10,12H,6-7,9H2,1H3,(H,23,25). The molecule has 0 saturated carbocycles. The normalized spacial score (nSPS) is 13.2. The van der Waals surface area contributed by atoms with Crippen LogP contribution in [0.2, 0.25) is 5.02 Å². The van der Waals surface area contributed by atoms with Crippen molar-refractivity contribution in [1.82, 2.24) is 0 Å². The first-order valence-electron chi connectivity index (χ1n) is 8.55. The van der Waals surface area contributed by atoms with Gasteiger partial charge in [0.05, 0.1) is 17.0 Å². The molecule has 2 aromatic rings. The highest BCUT2D eigenvalue weighted by Gasteiger charge is 2.19. The van der Waals surface area contributed by atoms with Crippen molar-refractivity contribution < 1.29 is 23.8 Å². The molecule has 0 fully saturated rings. The molecule has 144 valence electrons. The molecule has 1 unspecified atom stereocenters. The van der Waals surface area contributed by atoms with Crippen LogP contribution in [0.3, 0.4) is 0 Å². The summed E-state index contributed by atoms with van der Waals surface area (Å²) in [6.45, 7) is 2.42. The van der Waals surface area contributed by atoms with Gasteiger partial charge in [0.15, 0.2) is 17.6 Å². The number of halogens is 1. The van der Waals surface area contributed by atoms with E-state index in [4.69, 9.17) is 31.1 Å². The van der Waals surface area contributed by atoms with Gasteiger partial charge < -0.3 is 19.5 Å². The molecule has 1 heterocycles. The number of anilines is 1. The van der Waals surface area contributed by atoms with Crippen molar-refractivity contribution in [3.63, 3.8) is 0 Å². The van der Waals surface area contributed by atoms with Crippen molar-refractivity contribution >= 4 is 29.2 Å². The van der Waals surface area contributed by atoms with E-state index in [0.717, 1.165) is 0 Å². The Morgan fingerprint density at radius 2 is 1.96 bits per heavy atom. The zero-order chi connectivity index (χ0) is 20.1. The predicted molar refractivity (Wildman–Crippen MR) is 101 cm³/mol. The van der Waals surface area contributed by atoms with Crippen LogP contribution >= 0.6 is 11.6 Å². The van der Waals surface area contributed by atoms with Gasteiger partial charge in [-0.3, -0.25) is 9.59 Å². The SMILES string of the molecule is CC(OC(=O)Cc1ccc2c(c1)OCCO2)C(=O)Nc1ccc(C#N)c(Cl)c1. The zero-order valence-electron chi connectivity index (χ0n) is 15.0. The number of benzene rings is 2. The first kappa shape index (κ1) is 19.5. The number of hydrogen-bond acceptors (Lipinski definition) is 6. The number of ether oxygens (including phenoxy) is 3. The second kappa shape index (κ2) is 8.63. The summed E-state index contributed by atoms with van der Waals surface area (Å²) in [6.07, 6.45) is -1.00. The summed E-state index contributed by atoms with van der Waals surface area (Å²) >= 11 is 5.94. The van der Waals surface area contributed by atoms with Gasteiger partial charge in [-0.05, 0) is 42.8 Å². The molecule has 1 N–H and O–H groups in total. The third-order valence-electron chi connectivity index (χ3n) is 3.99. The Kier molecular flexibility index (Phi) is 6.02. The van der Waals surface area contributed by atoms with Gasteiger partial charge in [0.1, 0.15) is 19.3 Å². The molecular formula is C20H17ClN2O5. The van der Waals surface area contributed by atoms with Crippen LogP contribution < -0.4 is 14.8 Å². The highest BCUT2D eigenvalue weighted by Crippen LogP contribution is 2.31. The van der Waals surface area contributed by atoms with Crippen LogP contribution in [0.4, 0.5) is 5.69 Å². The Hall–Kier alpha value is -3.24. The maximum atomic E-state index is 12.2. The van der Waals surface area contributed by atoms with Crippen molar-refractivity contribution in [2.45, 2.75) is 19.4 Å². The molecule has 1 amide bonds. The second-order valence-electron chi connectivity index (χ2n) is 6.08. The number of hydrogen-bond donors (Lipinski definition) is 1. The van der Waals surface area contributed by atoms with Crippen molar-refractivity contribution in [3.05, 3.63) is 52.5 Å². The van der Waals surface area contributed by atoms with Gasteiger partial charge in [-0.1, -0.05) is 17.7 Å². The zero-order valence-corrected chi connectivity index (χ0v) is 15.8. The smallest absolute Gasteiger partial charge is 0.311 e. The van der Waals surface area contributed by atoms with E-state index in [2.05, 4.69) is 5.32 Å². The maximum absolute atomic E-state index is 12.2. The lowest BCUT2D eigenvalue weighted by atomic mass is 10.1. The first-order chi connectivity index (χ1) is 13.5. The van der Waals surface area contributed by atoms with Crippen LogP contribution in [0.1, 0.15) is 18.1 Å². The van der Waals surface area contributed by atoms with Crippen LogP contribution in [-0.4, -0.2) is 31.2 Å². The Labute approximate surface area is 166 Å². The monoisotopic (exact) mass is 400 g/mol. The van der Waals surface area contributed by atoms with E-state index in [1.807, 2.05) is 6.07 Å². The Balaban J connectivity index is 1.55. The number of carbonyl (C=O) groups is 2. The van der Waals surface area contributed by atoms with Crippen LogP contribution in [0.5, 0.6) is 11.5 Å². The number of nitrogens with zero attached hydrogens (tertiary/aromatic N) is 1. The van der Waals surface area contributed by atoms with Crippen molar-refractivity contribution in [2.24, 2.45) is 0 Å². The van der Waals surface area contributed by atoms with E-state index in [1.165, 1.54) is 19.1 Å². The van der Waals surface area contributed by atoms with Gasteiger partial charge in [-0.15, -0.1) is 0 Å². The number of nitriles is 1. The van der Waals surface area contributed by atoms with Gasteiger partial charge >= 0.3 is 5.97 Å². The van der Waals surface area contributed by atoms with E-state index in [9.17, 15) is 9.59 Å². The third-order valence-corrected chi connectivity index (χ3v) is 4.30. The molecule has 0 bridgehead atoms. The van der Waals surface area contributed by atoms with Crippen LogP contribution in [0.25, 0.3) is 0 Å². The Bertz CT molecular complexity index is 954. The molecule has 1 aliphatic rings. The van der Waals surface area contributed by atoms with Gasteiger partial charge in [0, 0.05) is 5.69 Å². The lowest BCUT2D eigenvalue weighted by Crippen LogP contribution is -2.30. The summed E-state index contributed by atoms with van der Waals surface area (Å²) in [5.74, 6) is 0.172. The summed E-state index contributed by atoms with van der Waals surface area (Å²) in [6, 6.07) is 11.6. The summed E-state index contributed by atoms with van der Waals surface area (Å²) in [5.41, 5.74) is 1.41. The summed E-state index contributed by atoms with van der Waals surface area (Å²) in [7, 11) is 0. The topological polar surface area (TPSA) is 97.7 Å². The van der Waals surface area contributed by atoms with Crippen LogP contribution in [-0.2, 0) is 20.7 Å². The Morgan fingerprint density at radius 1 is 1.21 bits per heavy atom. The molecule has 0 saturated heterocycles. The molecule has 7 nitrogen and oxygen atoms in total. The molecule has 1 atom stereocenters. The van der Waals surface area contributed by atoms with Gasteiger partial charge in [0.2, 0.25) is 0 Å². The minimum Gasteiger partial charge on any atom is -0.486 e. The van der Waals surface area contributed by atoms with Crippen molar-refractivity contribution in [1.29, 1.82) is 5.26 Å². The fourth-order valence-corrected chi connectivity index (χ4v) is 2.81. The highest BCUT2D eigenvalue weighted by molar-refractivity contribution is 6.32. The van der Waals surface area contributed by atoms with E-state index >= 15 is 0 Å². The van der Waals surface area contributed by atoms with E-state index in [0.29, 0.717) is 41.5 Å². The number of amides is 1. The van der Waals surface area contributed by atoms with Crippen molar-refractivity contribution in [2.75, 3.05) is 18.5 Å². The van der Waals surface area contributed by atoms with E-state index in [1.54, 1.807) is 24.3 Å². The minimum absolute atomic E-state index is 0.00302. The summed E-state index contributed by atoms with van der Waals surface area (Å²) in [5, 5.41) is 11.7. The Morgan fingerprint density at radius 3 is 2.68 bits per heavy atom. The van der Waals surface area contributed by atoms with Crippen LogP contribution in [0, 0.1) is 11.3 Å². The molecule has 0 spiro atoms. The molecule has 1 aliphatic heterocycles. The largest absolute Gasteiger partial charge is 0.486 e. The average molecular weight is 401 g/mol. The fraction of sp³-hybridized carbons (Fsp3) is 0.250. The molecule has 8 heteroatoms. The minimum atomic E-state index is -1.00. The molecule has 28 heavy (non-hydrogen) atoms. The molecule has 0 radical (unpaired) electrons. The highest BCUT2D eigenvalue weighted by atomic mass is 35.5. The molecule has 3 rings (SSSR count). The molecule has 0 aromatic heterocycles. The average Bonchev–Trinajstić information content (AvgIpc) is 2.68. The maximum Gasteiger partial charge on any atom is 0.311 e. The second-order valence-corrected chi connectivity index (χ2v) is 6.49. The predicted octanol–water partition coefficient (Wildman–Crippen LogP) is 3.10. The third kappa shape index (κ3) is 4.72. The quantitative estimate of drug-likeness (QED) is 0.774. The first-order valence-corrected chi connectivity index (χ1v) is 8.92.